The van der Waals surface area contributed by atoms with Gasteiger partial charge < -0.3 is 10.6 Å². The lowest BCUT2D eigenvalue weighted by Gasteiger charge is -2.02. The number of carbonyl (C=O) groups excluding carboxylic acids is 1. The van der Waals surface area contributed by atoms with E-state index < -0.39 is 0 Å². The Morgan fingerprint density at radius 2 is 2.18 bits per heavy atom. The van der Waals surface area contributed by atoms with Gasteiger partial charge in [0.15, 0.2) is 0 Å². The summed E-state index contributed by atoms with van der Waals surface area (Å²) in [6.07, 6.45) is 1.41. The highest BCUT2D eigenvalue weighted by molar-refractivity contribution is 7.11. The van der Waals surface area contributed by atoms with Gasteiger partial charge in [0.2, 0.25) is 5.91 Å². The van der Waals surface area contributed by atoms with Crippen LogP contribution in [-0.4, -0.2) is 29.7 Å². The molecule has 0 bridgehead atoms. The van der Waals surface area contributed by atoms with Crippen molar-refractivity contribution in [3.63, 3.8) is 0 Å². The molecule has 1 heterocycles. The third-order valence-electron chi connectivity index (χ3n) is 2.24. The molecular weight excluding hydrogens is 236 g/mol. The minimum Gasteiger partial charge on any atom is -0.350 e. The summed E-state index contributed by atoms with van der Waals surface area (Å²) in [5.74, 6) is 0.467. The van der Waals surface area contributed by atoms with Crippen LogP contribution >= 0.6 is 11.3 Å². The van der Waals surface area contributed by atoms with Crippen molar-refractivity contribution >= 4 is 17.2 Å². The van der Waals surface area contributed by atoms with Crippen molar-refractivity contribution in [2.45, 2.75) is 39.2 Å². The van der Waals surface area contributed by atoms with Gasteiger partial charge in [0.25, 0.3) is 0 Å². The van der Waals surface area contributed by atoms with Crippen molar-refractivity contribution in [2.24, 2.45) is 0 Å². The maximum Gasteiger partial charge on any atom is 0.220 e. The van der Waals surface area contributed by atoms with Crippen molar-refractivity contribution < 1.29 is 4.79 Å². The molecular formula is C11H20N4OS. The molecule has 0 radical (unpaired) electrons. The number of hydrogen-bond donors (Lipinski definition) is 2. The first-order chi connectivity index (χ1) is 8.13. The normalized spacial score (nSPS) is 10.8. The Bertz CT molecular complexity index is 351. The highest BCUT2D eigenvalue weighted by Gasteiger charge is 2.08. The molecule has 1 aromatic rings. The average Bonchev–Trinajstić information content (AvgIpc) is 2.75. The van der Waals surface area contributed by atoms with Crippen LogP contribution in [0.5, 0.6) is 0 Å². The molecule has 6 heteroatoms. The minimum absolute atomic E-state index is 0.0709. The van der Waals surface area contributed by atoms with E-state index in [9.17, 15) is 4.79 Å². The summed E-state index contributed by atoms with van der Waals surface area (Å²) < 4.78 is 0. The zero-order valence-electron chi connectivity index (χ0n) is 10.6. The highest BCUT2D eigenvalue weighted by Crippen LogP contribution is 2.18. The number of amides is 1. The number of carbonyl (C=O) groups is 1. The fourth-order valence-electron chi connectivity index (χ4n) is 1.26. The van der Waals surface area contributed by atoms with Crippen molar-refractivity contribution in [1.82, 2.24) is 20.8 Å². The molecule has 5 nitrogen and oxygen atoms in total. The van der Waals surface area contributed by atoms with E-state index in [0.29, 0.717) is 18.9 Å². The van der Waals surface area contributed by atoms with E-state index in [4.69, 9.17) is 0 Å². The third kappa shape index (κ3) is 5.23. The van der Waals surface area contributed by atoms with Gasteiger partial charge in [-0.25, -0.2) is 0 Å². The summed E-state index contributed by atoms with van der Waals surface area (Å²) in [7, 11) is 1.88. The zero-order chi connectivity index (χ0) is 12.7. The summed E-state index contributed by atoms with van der Waals surface area (Å²) in [6.45, 7) is 5.52. The molecule has 96 valence electrons. The van der Waals surface area contributed by atoms with Gasteiger partial charge in [-0.3, -0.25) is 4.79 Å². The molecule has 1 rings (SSSR count). The topological polar surface area (TPSA) is 66.9 Å². The molecule has 0 unspecified atom stereocenters. The van der Waals surface area contributed by atoms with Crippen molar-refractivity contribution in [2.75, 3.05) is 13.6 Å². The molecule has 0 saturated heterocycles. The van der Waals surface area contributed by atoms with E-state index in [1.807, 2.05) is 7.05 Å². The molecule has 0 aliphatic heterocycles. The summed E-state index contributed by atoms with van der Waals surface area (Å²) in [5.41, 5.74) is 0. The largest absolute Gasteiger partial charge is 0.350 e. The van der Waals surface area contributed by atoms with Gasteiger partial charge in [-0.1, -0.05) is 25.2 Å². The van der Waals surface area contributed by atoms with Crippen LogP contribution in [0, 0.1) is 0 Å². The lowest BCUT2D eigenvalue weighted by Crippen LogP contribution is -2.23. The van der Waals surface area contributed by atoms with E-state index >= 15 is 0 Å². The first kappa shape index (κ1) is 14.1. The van der Waals surface area contributed by atoms with Crippen LogP contribution in [0.4, 0.5) is 0 Å². The van der Waals surface area contributed by atoms with Gasteiger partial charge in [-0.15, -0.1) is 10.2 Å². The Kier molecular flexibility index (Phi) is 6.07. The van der Waals surface area contributed by atoms with E-state index in [1.165, 1.54) is 0 Å². The van der Waals surface area contributed by atoms with Crippen molar-refractivity contribution in [3.05, 3.63) is 10.0 Å². The van der Waals surface area contributed by atoms with Gasteiger partial charge in [0.05, 0.1) is 6.54 Å². The standard InChI is InChI=1S/C11H20N4OS/c1-8(2)11-15-14-10(17-11)7-13-9(16)5-4-6-12-3/h8,12H,4-7H2,1-3H3,(H,13,16). The van der Waals surface area contributed by atoms with E-state index in [0.717, 1.165) is 23.0 Å². The molecule has 0 aliphatic carbocycles. The molecule has 0 aliphatic rings. The first-order valence-electron chi connectivity index (χ1n) is 5.87. The molecule has 2 N–H and O–H groups in total. The van der Waals surface area contributed by atoms with Gasteiger partial charge in [0, 0.05) is 12.3 Å². The van der Waals surface area contributed by atoms with Crippen LogP contribution < -0.4 is 10.6 Å². The van der Waals surface area contributed by atoms with Crippen molar-refractivity contribution in [1.29, 1.82) is 0 Å². The molecule has 17 heavy (non-hydrogen) atoms. The zero-order valence-corrected chi connectivity index (χ0v) is 11.4. The fraction of sp³-hybridized carbons (Fsp3) is 0.727. The predicted molar refractivity (Wildman–Crippen MR) is 69.0 cm³/mol. The first-order valence-corrected chi connectivity index (χ1v) is 6.68. The predicted octanol–water partition coefficient (Wildman–Crippen LogP) is 1.28. The van der Waals surface area contributed by atoms with Gasteiger partial charge in [-0.2, -0.15) is 0 Å². The monoisotopic (exact) mass is 256 g/mol. The van der Waals surface area contributed by atoms with Crippen LogP contribution in [0.1, 0.15) is 42.6 Å². The quantitative estimate of drug-likeness (QED) is 0.721. The van der Waals surface area contributed by atoms with Crippen molar-refractivity contribution in [3.8, 4) is 0 Å². The Labute approximate surface area is 106 Å². The van der Waals surface area contributed by atoms with Crippen LogP contribution in [0.3, 0.4) is 0 Å². The van der Waals surface area contributed by atoms with E-state index in [1.54, 1.807) is 11.3 Å². The maximum absolute atomic E-state index is 11.4. The number of nitrogens with zero attached hydrogens (tertiary/aromatic N) is 2. The highest BCUT2D eigenvalue weighted by atomic mass is 32.1. The molecule has 0 fully saturated rings. The second-order valence-electron chi connectivity index (χ2n) is 4.17. The lowest BCUT2D eigenvalue weighted by molar-refractivity contribution is -0.121. The average molecular weight is 256 g/mol. The third-order valence-corrected chi connectivity index (χ3v) is 3.47. The SMILES string of the molecule is CNCCCC(=O)NCc1nnc(C(C)C)s1. The Morgan fingerprint density at radius 3 is 2.76 bits per heavy atom. The number of aromatic nitrogens is 2. The summed E-state index contributed by atoms with van der Waals surface area (Å²) in [5, 5.41) is 15.9. The molecule has 1 amide bonds. The minimum atomic E-state index is 0.0709. The number of nitrogens with one attached hydrogen (secondary N) is 2. The van der Waals surface area contributed by atoms with Crippen LogP contribution in [0.25, 0.3) is 0 Å². The van der Waals surface area contributed by atoms with Crippen LogP contribution in [0.2, 0.25) is 0 Å². The Balaban J connectivity index is 2.27. The summed E-state index contributed by atoms with van der Waals surface area (Å²) >= 11 is 1.56. The number of rotatable bonds is 7. The number of hydrogen-bond acceptors (Lipinski definition) is 5. The van der Waals surface area contributed by atoms with Crippen LogP contribution in [0.15, 0.2) is 0 Å². The van der Waals surface area contributed by atoms with Gasteiger partial charge in [-0.05, 0) is 20.0 Å². The van der Waals surface area contributed by atoms with Crippen LogP contribution in [-0.2, 0) is 11.3 Å². The smallest absolute Gasteiger partial charge is 0.220 e. The lowest BCUT2D eigenvalue weighted by atomic mass is 10.2. The van der Waals surface area contributed by atoms with Gasteiger partial charge in [0.1, 0.15) is 10.0 Å². The summed E-state index contributed by atoms with van der Waals surface area (Å²) in [4.78, 5) is 11.4. The Morgan fingerprint density at radius 1 is 1.41 bits per heavy atom. The molecule has 0 atom stereocenters. The summed E-state index contributed by atoms with van der Waals surface area (Å²) in [6, 6.07) is 0. The second kappa shape index (κ2) is 7.34. The molecule has 0 spiro atoms. The maximum atomic E-state index is 11.4. The second-order valence-corrected chi connectivity index (χ2v) is 5.27. The fourth-order valence-corrected chi connectivity index (χ4v) is 2.04. The molecule has 0 aromatic carbocycles. The van der Waals surface area contributed by atoms with E-state index in [-0.39, 0.29) is 5.91 Å². The molecule has 1 aromatic heterocycles. The van der Waals surface area contributed by atoms with Gasteiger partial charge >= 0.3 is 0 Å². The Hall–Kier alpha value is -1.01. The molecule has 0 saturated carbocycles. The van der Waals surface area contributed by atoms with E-state index in [2.05, 4.69) is 34.7 Å².